The molecule has 0 fully saturated rings. The van der Waals surface area contributed by atoms with E-state index in [1.165, 1.54) is 17.8 Å². The van der Waals surface area contributed by atoms with Crippen molar-refractivity contribution in [1.29, 1.82) is 0 Å². The fourth-order valence-electron chi connectivity index (χ4n) is 1.11. The number of benzene rings is 1. The number of carbonyl (C=O) groups excluding carboxylic acids is 1. The van der Waals surface area contributed by atoms with Crippen molar-refractivity contribution in [2.75, 3.05) is 6.26 Å². The second kappa shape index (κ2) is 4.79. The van der Waals surface area contributed by atoms with Gasteiger partial charge in [0, 0.05) is 10.0 Å². The van der Waals surface area contributed by atoms with Gasteiger partial charge in [0.15, 0.2) is 0 Å². The largest absolute Gasteiger partial charge is 0.368 e. The van der Waals surface area contributed by atoms with E-state index in [0.29, 0.717) is 10.0 Å². The van der Waals surface area contributed by atoms with Crippen LogP contribution >= 0.6 is 27.7 Å². The lowest BCUT2D eigenvalue weighted by molar-refractivity contribution is -0.117. The number of amides is 1. The molecule has 0 aliphatic heterocycles. The first kappa shape index (κ1) is 11.5. The molecular formula is C9H9BrFNOS. The monoisotopic (exact) mass is 277 g/mol. The van der Waals surface area contributed by atoms with Crippen molar-refractivity contribution >= 4 is 33.6 Å². The molecule has 0 bridgehead atoms. The van der Waals surface area contributed by atoms with E-state index < -0.39 is 17.0 Å². The number of thioether (sulfide) groups is 1. The van der Waals surface area contributed by atoms with Crippen molar-refractivity contribution < 1.29 is 9.18 Å². The fourth-order valence-corrected chi connectivity index (χ4v) is 2.12. The fraction of sp³-hybridized carbons (Fsp3) is 0.222. The van der Waals surface area contributed by atoms with Gasteiger partial charge in [0.25, 0.3) is 0 Å². The first-order valence-electron chi connectivity index (χ1n) is 3.83. The number of rotatable bonds is 3. The molecule has 0 aliphatic rings. The molecular weight excluding hydrogens is 269 g/mol. The molecule has 76 valence electrons. The highest BCUT2D eigenvalue weighted by molar-refractivity contribution is 9.10. The number of carbonyl (C=O) groups is 1. The minimum absolute atomic E-state index is 0.327. The highest BCUT2D eigenvalue weighted by Gasteiger charge is 2.19. The Hall–Kier alpha value is -0.550. The smallest absolute Gasteiger partial charge is 0.235 e. The van der Waals surface area contributed by atoms with Crippen LogP contribution in [0.25, 0.3) is 0 Å². The van der Waals surface area contributed by atoms with Gasteiger partial charge in [0.05, 0.1) is 0 Å². The maximum Gasteiger partial charge on any atom is 0.235 e. The lowest BCUT2D eigenvalue weighted by Crippen LogP contribution is -2.19. The molecule has 14 heavy (non-hydrogen) atoms. The molecule has 0 saturated carbocycles. The molecule has 0 aliphatic carbocycles. The summed E-state index contributed by atoms with van der Waals surface area (Å²) >= 11 is 4.36. The maximum absolute atomic E-state index is 13.4. The Balaban J connectivity index is 3.10. The summed E-state index contributed by atoms with van der Waals surface area (Å²) in [5.41, 5.74) is 5.48. The molecule has 1 aromatic rings. The van der Waals surface area contributed by atoms with Crippen LogP contribution in [0.1, 0.15) is 10.8 Å². The first-order chi connectivity index (χ1) is 6.56. The summed E-state index contributed by atoms with van der Waals surface area (Å²) in [5.74, 6) is -0.948. The van der Waals surface area contributed by atoms with E-state index in [1.54, 1.807) is 18.4 Å². The van der Waals surface area contributed by atoms with E-state index in [4.69, 9.17) is 5.73 Å². The molecule has 0 heterocycles. The summed E-state index contributed by atoms with van der Waals surface area (Å²) in [7, 11) is 0. The van der Waals surface area contributed by atoms with Gasteiger partial charge in [-0.3, -0.25) is 4.79 Å². The number of hydrogen-bond donors (Lipinski definition) is 1. The summed E-state index contributed by atoms with van der Waals surface area (Å²) in [6, 6.07) is 4.57. The summed E-state index contributed by atoms with van der Waals surface area (Å²) in [5, 5.41) is -0.622. The molecule has 0 spiro atoms. The summed E-state index contributed by atoms with van der Waals surface area (Å²) < 4.78 is 14.0. The predicted molar refractivity (Wildman–Crippen MR) is 59.6 cm³/mol. The average Bonchev–Trinajstić information content (AvgIpc) is 2.09. The zero-order valence-electron chi connectivity index (χ0n) is 7.46. The number of hydrogen-bond acceptors (Lipinski definition) is 2. The Morgan fingerprint density at radius 2 is 2.29 bits per heavy atom. The van der Waals surface area contributed by atoms with Gasteiger partial charge in [-0.1, -0.05) is 22.0 Å². The quantitative estimate of drug-likeness (QED) is 0.923. The molecule has 1 atom stereocenters. The normalized spacial score (nSPS) is 12.5. The van der Waals surface area contributed by atoms with Crippen molar-refractivity contribution in [1.82, 2.24) is 0 Å². The van der Waals surface area contributed by atoms with Gasteiger partial charge in [-0.15, -0.1) is 11.8 Å². The van der Waals surface area contributed by atoms with Gasteiger partial charge in [-0.2, -0.15) is 0 Å². The third-order valence-corrected chi connectivity index (χ3v) is 3.19. The molecule has 0 radical (unpaired) electrons. The Kier molecular flexibility index (Phi) is 3.95. The van der Waals surface area contributed by atoms with Gasteiger partial charge in [-0.25, -0.2) is 4.39 Å². The number of nitrogens with two attached hydrogens (primary N) is 1. The third-order valence-electron chi connectivity index (χ3n) is 1.74. The summed E-state index contributed by atoms with van der Waals surface area (Å²) in [4.78, 5) is 11.0. The van der Waals surface area contributed by atoms with Crippen LogP contribution in [0.15, 0.2) is 22.7 Å². The molecule has 0 saturated heterocycles. The average molecular weight is 278 g/mol. The van der Waals surface area contributed by atoms with Crippen LogP contribution in [0.5, 0.6) is 0 Å². The lowest BCUT2D eigenvalue weighted by atomic mass is 10.1. The van der Waals surface area contributed by atoms with Gasteiger partial charge in [-0.05, 0) is 18.4 Å². The molecule has 2 nitrogen and oxygen atoms in total. The maximum atomic E-state index is 13.4. The van der Waals surface area contributed by atoms with E-state index in [9.17, 15) is 9.18 Å². The molecule has 5 heteroatoms. The Bertz CT molecular complexity index is 359. The molecule has 2 N–H and O–H groups in total. The van der Waals surface area contributed by atoms with Crippen LogP contribution in [0, 0.1) is 5.82 Å². The standard InChI is InChI=1S/C9H9BrFNOS/c1-14-8(9(12)13)6-3-2-5(10)4-7(6)11/h2-4,8H,1H3,(H2,12,13)/t8-/m0/s1. The van der Waals surface area contributed by atoms with Crippen LogP contribution in [0.3, 0.4) is 0 Å². The van der Waals surface area contributed by atoms with Crippen molar-refractivity contribution in [3.05, 3.63) is 34.1 Å². The van der Waals surface area contributed by atoms with E-state index in [2.05, 4.69) is 15.9 Å². The van der Waals surface area contributed by atoms with Crippen LogP contribution < -0.4 is 5.73 Å². The van der Waals surface area contributed by atoms with E-state index >= 15 is 0 Å². The van der Waals surface area contributed by atoms with Crippen molar-refractivity contribution in [2.24, 2.45) is 5.73 Å². The molecule has 0 aromatic heterocycles. The minimum atomic E-state index is -0.622. The van der Waals surface area contributed by atoms with E-state index in [0.717, 1.165) is 0 Å². The van der Waals surface area contributed by atoms with Crippen LogP contribution in [0.2, 0.25) is 0 Å². The first-order valence-corrected chi connectivity index (χ1v) is 5.91. The Morgan fingerprint density at radius 3 is 2.71 bits per heavy atom. The van der Waals surface area contributed by atoms with Crippen molar-refractivity contribution in [3.63, 3.8) is 0 Å². The van der Waals surface area contributed by atoms with E-state index in [1.807, 2.05) is 0 Å². The number of halogens is 2. The molecule has 1 amide bonds. The second-order valence-corrected chi connectivity index (χ2v) is 4.54. The second-order valence-electron chi connectivity index (χ2n) is 2.68. The van der Waals surface area contributed by atoms with Crippen molar-refractivity contribution in [3.8, 4) is 0 Å². The summed E-state index contributed by atoms with van der Waals surface area (Å²) in [6.45, 7) is 0. The van der Waals surface area contributed by atoms with Crippen LogP contribution in [-0.2, 0) is 4.79 Å². The summed E-state index contributed by atoms with van der Waals surface area (Å²) in [6.07, 6.45) is 1.72. The molecule has 0 unspecified atom stereocenters. The Morgan fingerprint density at radius 1 is 1.64 bits per heavy atom. The third kappa shape index (κ3) is 2.48. The molecule has 1 aromatic carbocycles. The van der Waals surface area contributed by atoms with Gasteiger partial charge < -0.3 is 5.73 Å². The SMILES string of the molecule is CS[C@H](C(N)=O)c1ccc(Br)cc1F. The van der Waals surface area contributed by atoms with Gasteiger partial charge >= 0.3 is 0 Å². The Labute approximate surface area is 94.2 Å². The van der Waals surface area contributed by atoms with Crippen LogP contribution in [0.4, 0.5) is 4.39 Å². The highest BCUT2D eigenvalue weighted by atomic mass is 79.9. The minimum Gasteiger partial charge on any atom is -0.368 e. The predicted octanol–water partition coefficient (Wildman–Crippen LogP) is 2.48. The lowest BCUT2D eigenvalue weighted by Gasteiger charge is -2.11. The van der Waals surface area contributed by atoms with Gasteiger partial charge in [0.1, 0.15) is 11.1 Å². The molecule has 1 rings (SSSR count). The number of primary amides is 1. The van der Waals surface area contributed by atoms with E-state index in [-0.39, 0.29) is 0 Å². The van der Waals surface area contributed by atoms with Crippen molar-refractivity contribution in [2.45, 2.75) is 5.25 Å². The zero-order valence-corrected chi connectivity index (χ0v) is 9.86. The highest BCUT2D eigenvalue weighted by Crippen LogP contribution is 2.29. The topological polar surface area (TPSA) is 43.1 Å². The zero-order chi connectivity index (χ0) is 10.7. The van der Waals surface area contributed by atoms with Crippen LogP contribution in [-0.4, -0.2) is 12.2 Å². The van der Waals surface area contributed by atoms with Gasteiger partial charge in [0.2, 0.25) is 5.91 Å².